The van der Waals surface area contributed by atoms with Gasteiger partial charge in [0.15, 0.2) is 0 Å². The fourth-order valence-electron chi connectivity index (χ4n) is 3.28. The van der Waals surface area contributed by atoms with Gasteiger partial charge >= 0.3 is 0 Å². The van der Waals surface area contributed by atoms with Crippen LogP contribution in [-0.4, -0.2) is 22.4 Å². The van der Waals surface area contributed by atoms with Crippen LogP contribution in [0.2, 0.25) is 0 Å². The van der Waals surface area contributed by atoms with Gasteiger partial charge in [0.1, 0.15) is 0 Å². The monoisotopic (exact) mass is 198 g/mol. The largest absolute Gasteiger partial charge is 0.393 e. The van der Waals surface area contributed by atoms with Crippen molar-refractivity contribution in [2.75, 3.05) is 0 Å². The standard InChI is InChI=1S/C12H22O2/c13-10-5-3-4-9(8-10)11-6-1-2-7-12(11)14/h9-14H,1-8H2. The molecule has 0 aromatic carbocycles. The van der Waals surface area contributed by atoms with E-state index in [9.17, 15) is 10.2 Å². The van der Waals surface area contributed by atoms with Crippen LogP contribution in [0.25, 0.3) is 0 Å². The van der Waals surface area contributed by atoms with Crippen molar-refractivity contribution < 1.29 is 10.2 Å². The fraction of sp³-hybridized carbons (Fsp3) is 1.00. The smallest absolute Gasteiger partial charge is 0.0571 e. The van der Waals surface area contributed by atoms with Gasteiger partial charge in [0.05, 0.1) is 12.2 Å². The van der Waals surface area contributed by atoms with Crippen molar-refractivity contribution in [3.05, 3.63) is 0 Å². The third-order valence-electron chi connectivity index (χ3n) is 4.07. The van der Waals surface area contributed by atoms with Crippen molar-refractivity contribution in [1.82, 2.24) is 0 Å². The Bertz CT molecular complexity index is 181. The van der Waals surface area contributed by atoms with Crippen LogP contribution in [0.5, 0.6) is 0 Å². The van der Waals surface area contributed by atoms with Crippen LogP contribution in [0.15, 0.2) is 0 Å². The van der Waals surface area contributed by atoms with E-state index in [1.807, 2.05) is 0 Å². The van der Waals surface area contributed by atoms with Crippen LogP contribution in [0.1, 0.15) is 51.4 Å². The Hall–Kier alpha value is -0.0800. The molecule has 2 N–H and O–H groups in total. The highest BCUT2D eigenvalue weighted by Gasteiger charge is 2.33. The second-order valence-electron chi connectivity index (χ2n) is 5.10. The van der Waals surface area contributed by atoms with Crippen molar-refractivity contribution in [3.63, 3.8) is 0 Å². The summed E-state index contributed by atoms with van der Waals surface area (Å²) >= 11 is 0. The second-order valence-corrected chi connectivity index (χ2v) is 5.10. The first-order chi connectivity index (χ1) is 6.77. The van der Waals surface area contributed by atoms with Gasteiger partial charge in [-0.1, -0.05) is 19.3 Å². The summed E-state index contributed by atoms with van der Waals surface area (Å²) in [5.74, 6) is 1.08. The van der Waals surface area contributed by atoms with Gasteiger partial charge < -0.3 is 10.2 Å². The molecule has 2 fully saturated rings. The van der Waals surface area contributed by atoms with Crippen LogP contribution in [0.3, 0.4) is 0 Å². The molecule has 2 aliphatic rings. The summed E-state index contributed by atoms with van der Waals surface area (Å²) in [6.45, 7) is 0. The van der Waals surface area contributed by atoms with E-state index in [2.05, 4.69) is 0 Å². The summed E-state index contributed by atoms with van der Waals surface area (Å²) in [4.78, 5) is 0. The van der Waals surface area contributed by atoms with Crippen molar-refractivity contribution in [1.29, 1.82) is 0 Å². The zero-order valence-corrected chi connectivity index (χ0v) is 8.86. The lowest BCUT2D eigenvalue weighted by Crippen LogP contribution is -2.34. The molecule has 0 heterocycles. The molecule has 82 valence electrons. The molecule has 2 heteroatoms. The highest BCUT2D eigenvalue weighted by molar-refractivity contribution is 4.84. The van der Waals surface area contributed by atoms with E-state index in [1.54, 1.807) is 0 Å². The third-order valence-corrected chi connectivity index (χ3v) is 4.07. The summed E-state index contributed by atoms with van der Waals surface area (Å²) in [5.41, 5.74) is 0. The first-order valence-corrected chi connectivity index (χ1v) is 6.13. The molecule has 4 unspecified atom stereocenters. The molecule has 2 aliphatic carbocycles. The lowest BCUT2D eigenvalue weighted by Gasteiger charge is -2.37. The number of aliphatic hydroxyl groups excluding tert-OH is 2. The molecule has 0 aliphatic heterocycles. The van der Waals surface area contributed by atoms with Gasteiger partial charge in [-0.25, -0.2) is 0 Å². The van der Waals surface area contributed by atoms with E-state index >= 15 is 0 Å². The van der Waals surface area contributed by atoms with Crippen LogP contribution in [-0.2, 0) is 0 Å². The predicted molar refractivity (Wildman–Crippen MR) is 55.9 cm³/mol. The van der Waals surface area contributed by atoms with E-state index in [-0.39, 0.29) is 12.2 Å². The maximum Gasteiger partial charge on any atom is 0.0571 e. The van der Waals surface area contributed by atoms with Gasteiger partial charge in [0.2, 0.25) is 0 Å². The van der Waals surface area contributed by atoms with E-state index in [0.29, 0.717) is 11.8 Å². The molecule has 2 rings (SSSR count). The molecule has 0 saturated heterocycles. The molecular weight excluding hydrogens is 176 g/mol. The first kappa shape index (κ1) is 10.4. The zero-order chi connectivity index (χ0) is 9.97. The summed E-state index contributed by atoms with van der Waals surface area (Å²) in [7, 11) is 0. The van der Waals surface area contributed by atoms with E-state index in [4.69, 9.17) is 0 Å². The normalized spacial score (nSPS) is 45.0. The lowest BCUT2D eigenvalue weighted by molar-refractivity contribution is 0.000313. The Labute approximate surface area is 86.3 Å². The predicted octanol–water partition coefficient (Wildman–Crippen LogP) is 2.09. The molecule has 0 spiro atoms. The SMILES string of the molecule is OC1CCCC(C2CCCCC2O)C1. The summed E-state index contributed by atoms with van der Waals surface area (Å²) in [5, 5.41) is 19.5. The maximum atomic E-state index is 9.93. The van der Waals surface area contributed by atoms with Crippen molar-refractivity contribution in [3.8, 4) is 0 Å². The van der Waals surface area contributed by atoms with Gasteiger partial charge in [0, 0.05) is 0 Å². The summed E-state index contributed by atoms with van der Waals surface area (Å²) in [6.07, 6.45) is 8.72. The Morgan fingerprint density at radius 3 is 2.29 bits per heavy atom. The topological polar surface area (TPSA) is 40.5 Å². The molecule has 2 saturated carbocycles. The summed E-state index contributed by atoms with van der Waals surface area (Å²) < 4.78 is 0. The van der Waals surface area contributed by atoms with Crippen LogP contribution >= 0.6 is 0 Å². The molecule has 2 nitrogen and oxygen atoms in total. The molecular formula is C12H22O2. The van der Waals surface area contributed by atoms with E-state index in [0.717, 1.165) is 25.7 Å². The molecule has 0 aromatic heterocycles. The minimum absolute atomic E-state index is 0.0842. The zero-order valence-electron chi connectivity index (χ0n) is 8.86. The van der Waals surface area contributed by atoms with E-state index < -0.39 is 0 Å². The maximum absolute atomic E-state index is 9.93. The molecule has 0 bridgehead atoms. The lowest BCUT2D eigenvalue weighted by atomic mass is 9.71. The first-order valence-electron chi connectivity index (χ1n) is 6.13. The highest BCUT2D eigenvalue weighted by atomic mass is 16.3. The van der Waals surface area contributed by atoms with Crippen LogP contribution < -0.4 is 0 Å². The number of aliphatic hydroxyl groups is 2. The van der Waals surface area contributed by atoms with E-state index in [1.165, 1.54) is 25.7 Å². The van der Waals surface area contributed by atoms with Gasteiger partial charge in [-0.3, -0.25) is 0 Å². The quantitative estimate of drug-likeness (QED) is 0.677. The average molecular weight is 198 g/mol. The Morgan fingerprint density at radius 2 is 1.57 bits per heavy atom. The average Bonchev–Trinajstić information content (AvgIpc) is 2.18. The van der Waals surface area contributed by atoms with Crippen LogP contribution in [0, 0.1) is 11.8 Å². The Balaban J connectivity index is 1.91. The van der Waals surface area contributed by atoms with Gasteiger partial charge in [0.25, 0.3) is 0 Å². The van der Waals surface area contributed by atoms with Gasteiger partial charge in [-0.15, -0.1) is 0 Å². The molecule has 0 aromatic rings. The molecule has 0 amide bonds. The van der Waals surface area contributed by atoms with Crippen LogP contribution in [0.4, 0.5) is 0 Å². The third kappa shape index (κ3) is 2.29. The molecule has 4 atom stereocenters. The Morgan fingerprint density at radius 1 is 0.786 bits per heavy atom. The minimum Gasteiger partial charge on any atom is -0.393 e. The number of hydrogen-bond donors (Lipinski definition) is 2. The fourth-order valence-corrected chi connectivity index (χ4v) is 3.28. The number of hydrogen-bond acceptors (Lipinski definition) is 2. The van der Waals surface area contributed by atoms with Gasteiger partial charge in [-0.2, -0.15) is 0 Å². The molecule has 14 heavy (non-hydrogen) atoms. The Kier molecular flexibility index (Phi) is 3.45. The minimum atomic E-state index is -0.0946. The molecule has 0 radical (unpaired) electrons. The van der Waals surface area contributed by atoms with Crippen molar-refractivity contribution in [2.45, 2.75) is 63.6 Å². The van der Waals surface area contributed by atoms with Crippen molar-refractivity contribution in [2.24, 2.45) is 11.8 Å². The van der Waals surface area contributed by atoms with Gasteiger partial charge in [-0.05, 0) is 43.9 Å². The van der Waals surface area contributed by atoms with Crippen molar-refractivity contribution >= 4 is 0 Å². The second kappa shape index (κ2) is 4.63. The summed E-state index contributed by atoms with van der Waals surface area (Å²) in [6, 6.07) is 0. The highest BCUT2D eigenvalue weighted by Crippen LogP contribution is 2.38. The number of rotatable bonds is 1.